The van der Waals surface area contributed by atoms with E-state index in [0.717, 1.165) is 11.0 Å². The van der Waals surface area contributed by atoms with Crippen molar-refractivity contribution in [2.45, 2.75) is 13.8 Å². The summed E-state index contributed by atoms with van der Waals surface area (Å²) < 4.78 is 0. The molecule has 0 spiro atoms. The number of nitrogens with zero attached hydrogens (tertiary/aromatic N) is 1. The van der Waals surface area contributed by atoms with Crippen LogP contribution in [0.3, 0.4) is 0 Å². The lowest BCUT2D eigenvalue weighted by Crippen LogP contribution is -1.79. The Hall–Kier alpha value is -0.778. The van der Waals surface area contributed by atoms with Gasteiger partial charge in [0.15, 0.2) is 0 Å². The Morgan fingerprint density at radius 2 is 1.83 bits per heavy atom. The van der Waals surface area contributed by atoms with Crippen molar-refractivity contribution in [3.8, 4) is 0 Å². The standard InChI is InChI=1S/C9H10N2.Al/c1-6-3-8-9(4-7(6)2)11-5-10-8;/h3-5H,1-2H3,(H,10,11);. The van der Waals surface area contributed by atoms with E-state index in [2.05, 4.69) is 35.9 Å². The molecule has 0 fully saturated rings. The summed E-state index contributed by atoms with van der Waals surface area (Å²) >= 11 is 0. The first-order valence-corrected chi connectivity index (χ1v) is 3.68. The van der Waals surface area contributed by atoms with E-state index in [1.807, 2.05) is 0 Å². The fourth-order valence-corrected chi connectivity index (χ4v) is 1.19. The van der Waals surface area contributed by atoms with Crippen molar-refractivity contribution in [3.05, 3.63) is 29.6 Å². The molecule has 0 saturated carbocycles. The number of hydrogen-bond donors (Lipinski definition) is 1. The average molecular weight is 173 g/mol. The number of aromatic nitrogens is 2. The molecular formula is C9H10AlN2. The molecule has 3 radical (unpaired) electrons. The maximum Gasteiger partial charge on any atom is 0.0931 e. The van der Waals surface area contributed by atoms with Gasteiger partial charge >= 0.3 is 0 Å². The number of rotatable bonds is 0. The van der Waals surface area contributed by atoms with Gasteiger partial charge in [-0.25, -0.2) is 4.98 Å². The lowest BCUT2D eigenvalue weighted by atomic mass is 10.1. The van der Waals surface area contributed by atoms with E-state index < -0.39 is 0 Å². The quantitative estimate of drug-likeness (QED) is 0.604. The number of hydrogen-bond acceptors (Lipinski definition) is 1. The van der Waals surface area contributed by atoms with E-state index in [1.165, 1.54) is 11.1 Å². The van der Waals surface area contributed by atoms with Crippen molar-refractivity contribution in [2.24, 2.45) is 0 Å². The zero-order valence-corrected chi connectivity index (χ0v) is 8.41. The first kappa shape index (κ1) is 9.31. The monoisotopic (exact) mass is 173 g/mol. The first-order chi connectivity index (χ1) is 5.27. The fourth-order valence-electron chi connectivity index (χ4n) is 1.19. The minimum atomic E-state index is 0. The largest absolute Gasteiger partial charge is 0.345 e. The molecule has 0 amide bonds. The highest BCUT2D eigenvalue weighted by Crippen LogP contribution is 2.14. The van der Waals surface area contributed by atoms with Crippen LogP contribution in [0.25, 0.3) is 11.0 Å². The zero-order chi connectivity index (χ0) is 7.84. The van der Waals surface area contributed by atoms with Gasteiger partial charge in [-0.3, -0.25) is 0 Å². The van der Waals surface area contributed by atoms with Crippen molar-refractivity contribution in [1.29, 1.82) is 0 Å². The second kappa shape index (κ2) is 3.30. The molecule has 0 atom stereocenters. The molecule has 12 heavy (non-hydrogen) atoms. The molecule has 3 heteroatoms. The van der Waals surface area contributed by atoms with Crippen LogP contribution in [0.1, 0.15) is 11.1 Å². The number of benzene rings is 1. The predicted molar refractivity (Wildman–Crippen MR) is 51.3 cm³/mol. The van der Waals surface area contributed by atoms with Gasteiger partial charge in [-0.2, -0.15) is 0 Å². The van der Waals surface area contributed by atoms with Crippen LogP contribution in [0.2, 0.25) is 0 Å². The van der Waals surface area contributed by atoms with E-state index in [0.29, 0.717) is 0 Å². The van der Waals surface area contributed by atoms with Crippen LogP contribution in [0.15, 0.2) is 18.5 Å². The van der Waals surface area contributed by atoms with Crippen LogP contribution >= 0.6 is 0 Å². The molecule has 2 rings (SSSR count). The molecule has 0 aliphatic carbocycles. The summed E-state index contributed by atoms with van der Waals surface area (Å²) in [6.45, 7) is 4.21. The number of fused-ring (bicyclic) bond motifs is 1. The van der Waals surface area contributed by atoms with Crippen molar-refractivity contribution < 1.29 is 0 Å². The summed E-state index contributed by atoms with van der Waals surface area (Å²) in [5.41, 5.74) is 4.77. The normalized spacial score (nSPS) is 9.83. The van der Waals surface area contributed by atoms with Crippen molar-refractivity contribution >= 4 is 28.4 Å². The third-order valence-corrected chi connectivity index (χ3v) is 2.04. The molecular weight excluding hydrogens is 163 g/mol. The molecule has 1 heterocycles. The molecule has 0 saturated heterocycles. The molecule has 1 aromatic carbocycles. The Bertz CT molecular complexity index is 356. The van der Waals surface area contributed by atoms with Crippen LogP contribution < -0.4 is 0 Å². The summed E-state index contributed by atoms with van der Waals surface area (Å²) in [4.78, 5) is 7.24. The molecule has 1 N–H and O–H groups in total. The molecule has 1 aromatic heterocycles. The van der Waals surface area contributed by atoms with Gasteiger partial charge in [0.05, 0.1) is 17.4 Å². The van der Waals surface area contributed by atoms with Crippen LogP contribution in [0, 0.1) is 13.8 Å². The Morgan fingerprint density at radius 3 is 2.58 bits per heavy atom. The molecule has 0 aliphatic rings. The zero-order valence-electron chi connectivity index (χ0n) is 7.26. The Balaban J connectivity index is 0.000000720. The summed E-state index contributed by atoms with van der Waals surface area (Å²) in [7, 11) is 0. The SMILES string of the molecule is Cc1cc2nc[nH]c2cc1C.[Al]. The number of imidazole rings is 1. The Morgan fingerprint density at radius 1 is 1.17 bits per heavy atom. The highest BCUT2D eigenvalue weighted by molar-refractivity contribution is 5.76. The molecule has 0 aliphatic heterocycles. The van der Waals surface area contributed by atoms with Crippen molar-refractivity contribution in [2.75, 3.05) is 0 Å². The van der Waals surface area contributed by atoms with Gasteiger partial charge in [-0.1, -0.05) is 0 Å². The van der Waals surface area contributed by atoms with Gasteiger partial charge in [0, 0.05) is 17.4 Å². The third kappa shape index (κ3) is 1.38. The molecule has 2 nitrogen and oxygen atoms in total. The van der Waals surface area contributed by atoms with Crippen LogP contribution in [-0.2, 0) is 0 Å². The summed E-state index contributed by atoms with van der Waals surface area (Å²) in [6, 6.07) is 4.22. The smallest absolute Gasteiger partial charge is 0.0931 e. The Kier molecular flexibility index (Phi) is 2.56. The predicted octanol–water partition coefficient (Wildman–Crippen LogP) is 1.80. The van der Waals surface area contributed by atoms with Gasteiger partial charge in [-0.15, -0.1) is 0 Å². The number of nitrogens with one attached hydrogen (secondary N) is 1. The number of aromatic amines is 1. The van der Waals surface area contributed by atoms with Crippen LogP contribution in [0.5, 0.6) is 0 Å². The van der Waals surface area contributed by atoms with Gasteiger partial charge in [0.25, 0.3) is 0 Å². The minimum absolute atomic E-state index is 0. The van der Waals surface area contributed by atoms with Crippen molar-refractivity contribution in [1.82, 2.24) is 9.97 Å². The highest BCUT2D eigenvalue weighted by Gasteiger charge is 1.97. The molecule has 59 valence electrons. The van der Waals surface area contributed by atoms with Gasteiger partial charge in [0.1, 0.15) is 0 Å². The lowest BCUT2D eigenvalue weighted by molar-refractivity contribution is 1.34. The highest BCUT2D eigenvalue weighted by atomic mass is 27.0. The van der Waals surface area contributed by atoms with Crippen LogP contribution in [-0.4, -0.2) is 27.3 Å². The number of H-pyrrole nitrogens is 1. The molecule has 0 bridgehead atoms. The Labute approximate surface area is 82.1 Å². The maximum absolute atomic E-state index is 4.17. The molecule has 0 unspecified atom stereocenters. The summed E-state index contributed by atoms with van der Waals surface area (Å²) in [6.07, 6.45) is 1.73. The molecule has 2 aromatic rings. The van der Waals surface area contributed by atoms with Crippen molar-refractivity contribution in [3.63, 3.8) is 0 Å². The van der Waals surface area contributed by atoms with E-state index >= 15 is 0 Å². The van der Waals surface area contributed by atoms with Gasteiger partial charge < -0.3 is 4.98 Å². The van der Waals surface area contributed by atoms with E-state index in [1.54, 1.807) is 6.33 Å². The van der Waals surface area contributed by atoms with E-state index in [9.17, 15) is 0 Å². The minimum Gasteiger partial charge on any atom is -0.345 e. The van der Waals surface area contributed by atoms with E-state index in [-0.39, 0.29) is 17.4 Å². The second-order valence-corrected chi connectivity index (χ2v) is 2.86. The first-order valence-electron chi connectivity index (χ1n) is 3.68. The number of aryl methyl sites for hydroxylation is 2. The average Bonchev–Trinajstić information content (AvgIpc) is 2.36. The lowest BCUT2D eigenvalue weighted by Gasteiger charge is -1.97. The summed E-state index contributed by atoms with van der Waals surface area (Å²) in [5, 5.41) is 0. The maximum atomic E-state index is 4.17. The second-order valence-electron chi connectivity index (χ2n) is 2.86. The van der Waals surface area contributed by atoms with Gasteiger partial charge in [-0.05, 0) is 37.1 Å². The van der Waals surface area contributed by atoms with E-state index in [4.69, 9.17) is 0 Å². The fraction of sp³-hybridized carbons (Fsp3) is 0.222. The van der Waals surface area contributed by atoms with Gasteiger partial charge in [0.2, 0.25) is 0 Å². The topological polar surface area (TPSA) is 28.7 Å². The van der Waals surface area contributed by atoms with Crippen LogP contribution in [0.4, 0.5) is 0 Å². The summed E-state index contributed by atoms with van der Waals surface area (Å²) in [5.74, 6) is 0. The third-order valence-electron chi connectivity index (χ3n) is 2.04.